The first-order chi connectivity index (χ1) is 13.1. The zero-order valence-electron chi connectivity index (χ0n) is 16.8. The summed E-state index contributed by atoms with van der Waals surface area (Å²) in [4.78, 5) is 32.2. The third-order valence-corrected chi connectivity index (χ3v) is 4.30. The number of rotatable bonds is 5. The highest BCUT2D eigenvalue weighted by Gasteiger charge is 2.23. The van der Waals surface area contributed by atoms with Crippen molar-refractivity contribution in [3.05, 3.63) is 33.4 Å². The lowest BCUT2D eigenvalue weighted by molar-refractivity contribution is 0.0460. The Morgan fingerprint density at radius 2 is 2.18 bits per heavy atom. The molecule has 0 bridgehead atoms. The summed E-state index contributed by atoms with van der Waals surface area (Å²) in [6, 6.07) is 2.04. The molecule has 0 saturated heterocycles. The van der Waals surface area contributed by atoms with E-state index in [9.17, 15) is 9.59 Å². The van der Waals surface area contributed by atoms with Gasteiger partial charge in [-0.05, 0) is 26.5 Å². The van der Waals surface area contributed by atoms with Crippen LogP contribution in [0.15, 0.2) is 16.0 Å². The van der Waals surface area contributed by atoms with Crippen LogP contribution in [0.2, 0.25) is 0 Å². The number of aromatic amines is 1. The predicted molar refractivity (Wildman–Crippen MR) is 108 cm³/mol. The van der Waals surface area contributed by atoms with Gasteiger partial charge >= 0.3 is 5.97 Å². The van der Waals surface area contributed by atoms with Crippen LogP contribution in [-0.2, 0) is 11.8 Å². The van der Waals surface area contributed by atoms with Crippen LogP contribution in [0.4, 0.5) is 0 Å². The number of fused-ring (bicyclic) bond motifs is 1. The number of aromatic nitrogens is 2. The molecule has 2 aromatic heterocycles. The zero-order valence-corrected chi connectivity index (χ0v) is 16.8. The third-order valence-electron chi connectivity index (χ3n) is 4.30. The summed E-state index contributed by atoms with van der Waals surface area (Å²) >= 11 is 0. The lowest BCUT2D eigenvalue weighted by Crippen LogP contribution is -2.19. The van der Waals surface area contributed by atoms with Gasteiger partial charge in [-0.1, -0.05) is 25.7 Å². The number of nitrogens with zero attached hydrogens (tertiary/aromatic N) is 3. The minimum absolute atomic E-state index is 0.0772. The van der Waals surface area contributed by atoms with Crippen LogP contribution in [0.5, 0.6) is 0 Å². The highest BCUT2D eigenvalue weighted by atomic mass is 16.5. The second-order valence-electron chi connectivity index (χ2n) is 7.34. The maximum Gasteiger partial charge on any atom is 0.340 e. The maximum atomic E-state index is 12.7. The summed E-state index contributed by atoms with van der Waals surface area (Å²) < 4.78 is 6.78. The van der Waals surface area contributed by atoms with E-state index in [0.29, 0.717) is 22.2 Å². The number of nitriles is 1. The predicted octanol–water partition coefficient (Wildman–Crippen LogP) is 2.71. The van der Waals surface area contributed by atoms with Crippen LogP contribution in [0.1, 0.15) is 48.8 Å². The number of hydrogen-bond acceptors (Lipinski definition) is 5. The Balaban J connectivity index is 2.72. The first kappa shape index (κ1) is 21.0. The Morgan fingerprint density at radius 3 is 2.75 bits per heavy atom. The molecule has 1 unspecified atom stereocenters. The molecule has 2 heterocycles. The van der Waals surface area contributed by atoms with E-state index in [1.807, 2.05) is 19.9 Å². The quantitative estimate of drug-likeness (QED) is 0.490. The fourth-order valence-electron chi connectivity index (χ4n) is 2.71. The summed E-state index contributed by atoms with van der Waals surface area (Å²) in [6.07, 6.45) is 1.65. The first-order valence-corrected chi connectivity index (χ1v) is 8.90. The minimum Gasteiger partial charge on any atom is -0.462 e. The van der Waals surface area contributed by atoms with Gasteiger partial charge in [0.2, 0.25) is 0 Å². The van der Waals surface area contributed by atoms with Gasteiger partial charge in [0.1, 0.15) is 11.1 Å². The Hall–Kier alpha value is -3.32. The lowest BCUT2D eigenvalue weighted by atomic mass is 9.99. The maximum absolute atomic E-state index is 12.7. The van der Waals surface area contributed by atoms with Gasteiger partial charge in [-0.3, -0.25) is 9.79 Å². The molecule has 0 amide bonds. The van der Waals surface area contributed by atoms with Crippen LogP contribution in [-0.4, -0.2) is 34.4 Å². The molecule has 0 aliphatic carbocycles. The molecule has 2 aromatic rings. The van der Waals surface area contributed by atoms with Gasteiger partial charge in [0.05, 0.1) is 30.2 Å². The Kier molecular flexibility index (Phi) is 6.10. The Labute approximate surface area is 164 Å². The molecule has 0 fully saturated rings. The molecule has 2 rings (SSSR count). The van der Waals surface area contributed by atoms with E-state index in [0.717, 1.165) is 0 Å². The van der Waals surface area contributed by atoms with Gasteiger partial charge in [-0.2, -0.15) is 5.26 Å². The fourth-order valence-corrected chi connectivity index (χ4v) is 2.71. The number of aryl methyl sites for hydroxylation is 2. The number of ether oxygens (including phenoxy) is 1. The monoisotopic (exact) mass is 380 g/mol. The second kappa shape index (κ2) is 8.14. The van der Waals surface area contributed by atoms with Crippen molar-refractivity contribution >= 4 is 23.6 Å². The molecule has 7 heteroatoms. The van der Waals surface area contributed by atoms with Crippen LogP contribution in [0, 0.1) is 36.0 Å². The van der Waals surface area contributed by atoms with E-state index in [4.69, 9.17) is 10.00 Å². The van der Waals surface area contributed by atoms with Crippen molar-refractivity contribution in [1.29, 1.82) is 5.26 Å². The molecule has 1 atom stereocenters. The number of carbonyl (C=O) groups excluding carboxylic acids is 1. The number of pyridine rings is 1. The topological polar surface area (TPSA) is 100 Å². The van der Waals surface area contributed by atoms with E-state index < -0.39 is 11.5 Å². The molecular formula is C21H24N4O3. The summed E-state index contributed by atoms with van der Waals surface area (Å²) in [7, 11) is 1.61. The number of H-pyrrole nitrogens is 1. The van der Waals surface area contributed by atoms with Crippen LogP contribution in [0.3, 0.4) is 0 Å². The SMILES string of the molecule is C=NC(C)(C#Cc1cn(C)c(=O)c2[nH]c(C)c(C(=O)OCC(C)C)c12)CC#N. The number of hydrogen-bond donors (Lipinski definition) is 1. The molecule has 28 heavy (non-hydrogen) atoms. The summed E-state index contributed by atoms with van der Waals surface area (Å²) in [6.45, 7) is 11.1. The van der Waals surface area contributed by atoms with Crippen molar-refractivity contribution < 1.29 is 9.53 Å². The van der Waals surface area contributed by atoms with E-state index in [1.54, 1.807) is 27.1 Å². The molecule has 0 saturated carbocycles. The lowest BCUT2D eigenvalue weighted by Gasteiger charge is -2.13. The van der Waals surface area contributed by atoms with Gasteiger partial charge in [-0.25, -0.2) is 4.79 Å². The average molecular weight is 380 g/mol. The van der Waals surface area contributed by atoms with Crippen molar-refractivity contribution in [2.75, 3.05) is 6.61 Å². The molecule has 0 aromatic carbocycles. The fraction of sp³-hybridized carbons (Fsp3) is 0.429. The van der Waals surface area contributed by atoms with Gasteiger partial charge in [-0.15, -0.1) is 0 Å². The molecule has 0 radical (unpaired) electrons. The molecule has 7 nitrogen and oxygen atoms in total. The van der Waals surface area contributed by atoms with E-state index in [2.05, 4.69) is 28.5 Å². The molecular weight excluding hydrogens is 356 g/mol. The molecule has 0 aliphatic heterocycles. The number of aliphatic imine (C=N–C) groups is 1. The molecule has 0 aliphatic rings. The smallest absolute Gasteiger partial charge is 0.340 e. The number of carbonyl (C=O) groups is 1. The van der Waals surface area contributed by atoms with Crippen molar-refractivity contribution in [1.82, 2.24) is 9.55 Å². The van der Waals surface area contributed by atoms with Crippen LogP contribution in [0.25, 0.3) is 10.9 Å². The molecule has 1 N–H and O–H groups in total. The van der Waals surface area contributed by atoms with E-state index in [-0.39, 0.29) is 30.0 Å². The van der Waals surface area contributed by atoms with Crippen molar-refractivity contribution in [2.24, 2.45) is 18.0 Å². The summed E-state index contributed by atoms with van der Waals surface area (Å²) in [5, 5.41) is 9.41. The van der Waals surface area contributed by atoms with Gasteiger partial charge in [0.15, 0.2) is 0 Å². The Morgan fingerprint density at radius 1 is 1.50 bits per heavy atom. The van der Waals surface area contributed by atoms with E-state index in [1.165, 1.54) is 4.57 Å². The summed E-state index contributed by atoms with van der Waals surface area (Å²) in [5.41, 5.74) is 0.387. The zero-order chi connectivity index (χ0) is 21.1. The molecule has 146 valence electrons. The van der Waals surface area contributed by atoms with Crippen molar-refractivity contribution in [2.45, 2.75) is 39.7 Å². The highest BCUT2D eigenvalue weighted by molar-refractivity contribution is 6.07. The number of esters is 1. The standard InChI is InChI=1S/C21H24N4O3/c1-13(2)12-28-20(27)16-14(3)24-18-17(16)15(11-25(6)19(18)26)7-8-21(4,23-5)9-10-22/h11,13,24H,5,9,12H2,1-4,6H3. The average Bonchev–Trinajstić information content (AvgIpc) is 2.99. The van der Waals surface area contributed by atoms with Gasteiger partial charge < -0.3 is 14.3 Å². The van der Waals surface area contributed by atoms with Gasteiger partial charge in [0.25, 0.3) is 5.56 Å². The largest absolute Gasteiger partial charge is 0.462 e. The first-order valence-electron chi connectivity index (χ1n) is 8.90. The number of nitrogens with one attached hydrogen (secondary N) is 1. The highest BCUT2D eigenvalue weighted by Crippen LogP contribution is 2.25. The van der Waals surface area contributed by atoms with Crippen LogP contribution >= 0.6 is 0 Å². The normalized spacial score (nSPS) is 12.8. The van der Waals surface area contributed by atoms with Crippen molar-refractivity contribution in [3.63, 3.8) is 0 Å². The second-order valence-corrected chi connectivity index (χ2v) is 7.34. The Bertz CT molecular complexity index is 1090. The summed E-state index contributed by atoms with van der Waals surface area (Å²) in [5.74, 6) is 5.61. The van der Waals surface area contributed by atoms with Crippen molar-refractivity contribution in [3.8, 4) is 17.9 Å². The minimum atomic E-state index is -0.945. The van der Waals surface area contributed by atoms with Gasteiger partial charge in [0, 0.05) is 24.3 Å². The van der Waals surface area contributed by atoms with Crippen LogP contribution < -0.4 is 5.56 Å². The molecule has 0 spiro atoms. The van der Waals surface area contributed by atoms with E-state index >= 15 is 0 Å². The third kappa shape index (κ3) is 4.15.